The van der Waals surface area contributed by atoms with Crippen molar-refractivity contribution >= 4 is 17.3 Å². The number of hydrogen-bond donors (Lipinski definition) is 2. The summed E-state index contributed by atoms with van der Waals surface area (Å²) in [6, 6.07) is 5.30. The number of aryl methyl sites for hydroxylation is 1. The van der Waals surface area contributed by atoms with Crippen molar-refractivity contribution in [2.45, 2.75) is 12.8 Å². The first kappa shape index (κ1) is 10.8. The normalized spacial score (nSPS) is 9.79. The third kappa shape index (κ3) is 2.38. The van der Waals surface area contributed by atoms with Crippen molar-refractivity contribution in [3.63, 3.8) is 0 Å². The zero-order valence-electron chi connectivity index (χ0n) is 7.63. The van der Waals surface area contributed by atoms with E-state index in [1.54, 1.807) is 12.1 Å². The molecule has 0 bridgehead atoms. The van der Waals surface area contributed by atoms with E-state index in [2.05, 4.69) is 6.07 Å². The molecule has 0 fully saturated rings. The first-order chi connectivity index (χ1) is 6.69. The van der Waals surface area contributed by atoms with Crippen molar-refractivity contribution in [3.8, 4) is 6.07 Å². The van der Waals surface area contributed by atoms with Crippen LogP contribution >= 0.6 is 11.6 Å². The molecule has 1 aromatic rings. The second kappa shape index (κ2) is 4.85. The molecular weight excluding hydrogens is 200 g/mol. The van der Waals surface area contributed by atoms with Crippen molar-refractivity contribution < 1.29 is 5.11 Å². The van der Waals surface area contributed by atoms with E-state index in [-0.39, 0.29) is 6.61 Å². The molecule has 1 aromatic carbocycles. The first-order valence-electron chi connectivity index (χ1n) is 4.28. The number of rotatable bonds is 3. The number of aliphatic hydroxyl groups excluding tert-OH is 1. The molecule has 0 heterocycles. The SMILES string of the molecule is N#Cc1cc(N)c(Cl)cc1CCCO. The van der Waals surface area contributed by atoms with E-state index < -0.39 is 0 Å². The van der Waals surface area contributed by atoms with Crippen LogP contribution in [0.1, 0.15) is 17.5 Å². The molecule has 4 heteroatoms. The summed E-state index contributed by atoms with van der Waals surface area (Å²) in [5.41, 5.74) is 7.34. The number of nitrogen functional groups attached to an aromatic ring is 1. The Morgan fingerprint density at radius 3 is 2.79 bits per heavy atom. The summed E-state index contributed by atoms with van der Waals surface area (Å²) >= 11 is 5.82. The number of anilines is 1. The standard InChI is InChI=1S/C10H11ClN2O/c11-9-4-7(2-1-3-14)8(6-12)5-10(9)13/h4-5,14H,1-3,13H2. The lowest BCUT2D eigenvalue weighted by Gasteiger charge is -2.05. The Bertz CT molecular complexity index is 371. The number of nitrogens with two attached hydrogens (primary N) is 1. The molecule has 3 nitrogen and oxygen atoms in total. The summed E-state index contributed by atoms with van der Waals surface area (Å²) < 4.78 is 0. The van der Waals surface area contributed by atoms with E-state index in [9.17, 15) is 0 Å². The van der Waals surface area contributed by atoms with Gasteiger partial charge in [0.05, 0.1) is 22.3 Å². The molecule has 0 radical (unpaired) electrons. The van der Waals surface area contributed by atoms with Gasteiger partial charge in [-0.25, -0.2) is 0 Å². The summed E-state index contributed by atoms with van der Waals surface area (Å²) in [5, 5.41) is 18.0. The number of benzene rings is 1. The van der Waals surface area contributed by atoms with Crippen LogP contribution < -0.4 is 5.73 Å². The Morgan fingerprint density at radius 1 is 1.50 bits per heavy atom. The van der Waals surface area contributed by atoms with Gasteiger partial charge in [-0.3, -0.25) is 0 Å². The van der Waals surface area contributed by atoms with E-state index in [4.69, 9.17) is 27.7 Å². The Labute approximate surface area is 87.7 Å². The second-order valence-corrected chi connectivity index (χ2v) is 3.38. The fraction of sp³-hybridized carbons (Fsp3) is 0.300. The van der Waals surface area contributed by atoms with Crippen LogP contribution in [0.4, 0.5) is 5.69 Å². The van der Waals surface area contributed by atoms with Gasteiger partial charge in [0.1, 0.15) is 0 Å². The van der Waals surface area contributed by atoms with Crippen LogP contribution in [-0.4, -0.2) is 11.7 Å². The van der Waals surface area contributed by atoms with E-state index in [0.29, 0.717) is 29.1 Å². The van der Waals surface area contributed by atoms with Gasteiger partial charge in [-0.05, 0) is 30.5 Å². The third-order valence-corrected chi connectivity index (χ3v) is 2.27. The highest BCUT2D eigenvalue weighted by atomic mass is 35.5. The topological polar surface area (TPSA) is 70.0 Å². The maximum absolute atomic E-state index is 8.82. The summed E-state index contributed by atoms with van der Waals surface area (Å²) in [6.45, 7) is 0.104. The Balaban J connectivity index is 3.02. The average molecular weight is 211 g/mol. The van der Waals surface area contributed by atoms with Crippen molar-refractivity contribution in [1.82, 2.24) is 0 Å². The molecule has 0 atom stereocenters. The first-order valence-corrected chi connectivity index (χ1v) is 4.65. The van der Waals surface area contributed by atoms with Gasteiger partial charge in [-0.15, -0.1) is 0 Å². The summed E-state index contributed by atoms with van der Waals surface area (Å²) in [7, 11) is 0. The summed E-state index contributed by atoms with van der Waals surface area (Å²) in [6.07, 6.45) is 1.26. The molecule has 0 spiro atoms. The molecule has 0 aliphatic rings. The van der Waals surface area contributed by atoms with Gasteiger partial charge in [-0.2, -0.15) is 5.26 Å². The van der Waals surface area contributed by atoms with Crippen molar-refractivity contribution in [2.24, 2.45) is 0 Å². The lowest BCUT2D eigenvalue weighted by molar-refractivity contribution is 0.288. The summed E-state index contributed by atoms with van der Waals surface area (Å²) in [4.78, 5) is 0. The van der Waals surface area contributed by atoms with Crippen LogP contribution in [0, 0.1) is 11.3 Å². The molecule has 0 aromatic heterocycles. The molecular formula is C10H11ClN2O. The van der Waals surface area contributed by atoms with Gasteiger partial charge in [-0.1, -0.05) is 11.6 Å². The highest BCUT2D eigenvalue weighted by Crippen LogP contribution is 2.24. The summed E-state index contributed by atoms with van der Waals surface area (Å²) in [5.74, 6) is 0. The van der Waals surface area contributed by atoms with E-state index in [1.807, 2.05) is 0 Å². The zero-order chi connectivity index (χ0) is 10.6. The van der Waals surface area contributed by atoms with Crippen molar-refractivity contribution in [2.75, 3.05) is 12.3 Å². The minimum absolute atomic E-state index is 0.104. The van der Waals surface area contributed by atoms with E-state index >= 15 is 0 Å². The minimum Gasteiger partial charge on any atom is -0.397 e. The fourth-order valence-electron chi connectivity index (χ4n) is 1.21. The maximum Gasteiger partial charge on any atom is 0.0995 e. The fourth-order valence-corrected chi connectivity index (χ4v) is 1.40. The molecule has 0 amide bonds. The van der Waals surface area contributed by atoms with Gasteiger partial charge in [0, 0.05) is 6.61 Å². The Hall–Kier alpha value is -1.24. The molecule has 74 valence electrons. The Kier molecular flexibility index (Phi) is 3.75. The van der Waals surface area contributed by atoms with Gasteiger partial charge in [0.2, 0.25) is 0 Å². The third-order valence-electron chi connectivity index (χ3n) is 1.95. The van der Waals surface area contributed by atoms with Gasteiger partial charge in [0.15, 0.2) is 0 Å². The van der Waals surface area contributed by atoms with Crippen LogP contribution in [0.5, 0.6) is 0 Å². The van der Waals surface area contributed by atoms with Crippen LogP contribution in [0.15, 0.2) is 12.1 Å². The molecule has 1 rings (SSSR count). The second-order valence-electron chi connectivity index (χ2n) is 2.97. The van der Waals surface area contributed by atoms with E-state index in [0.717, 1.165) is 5.56 Å². The molecule has 14 heavy (non-hydrogen) atoms. The van der Waals surface area contributed by atoms with Gasteiger partial charge >= 0.3 is 0 Å². The van der Waals surface area contributed by atoms with E-state index in [1.165, 1.54) is 0 Å². The number of hydrogen-bond acceptors (Lipinski definition) is 3. The number of nitriles is 1. The zero-order valence-corrected chi connectivity index (χ0v) is 8.38. The molecule has 0 unspecified atom stereocenters. The average Bonchev–Trinajstić information content (AvgIpc) is 2.19. The van der Waals surface area contributed by atoms with Crippen molar-refractivity contribution in [3.05, 3.63) is 28.3 Å². The number of halogens is 1. The monoisotopic (exact) mass is 210 g/mol. The minimum atomic E-state index is 0.104. The lowest BCUT2D eigenvalue weighted by Crippen LogP contribution is -1.96. The lowest BCUT2D eigenvalue weighted by atomic mass is 10.0. The molecule has 3 N–H and O–H groups in total. The molecule has 0 saturated heterocycles. The van der Waals surface area contributed by atoms with Gasteiger partial charge in [0.25, 0.3) is 0 Å². The number of nitrogens with zero attached hydrogens (tertiary/aromatic N) is 1. The quantitative estimate of drug-likeness (QED) is 0.747. The highest BCUT2D eigenvalue weighted by molar-refractivity contribution is 6.33. The van der Waals surface area contributed by atoms with Crippen molar-refractivity contribution in [1.29, 1.82) is 5.26 Å². The van der Waals surface area contributed by atoms with Crippen LogP contribution in [0.2, 0.25) is 5.02 Å². The smallest absolute Gasteiger partial charge is 0.0995 e. The molecule has 0 saturated carbocycles. The van der Waals surface area contributed by atoms with Crippen LogP contribution in [0.25, 0.3) is 0 Å². The van der Waals surface area contributed by atoms with Crippen LogP contribution in [0.3, 0.4) is 0 Å². The molecule has 0 aliphatic carbocycles. The van der Waals surface area contributed by atoms with Crippen LogP contribution in [-0.2, 0) is 6.42 Å². The predicted octanol–water partition coefficient (Wildman–Crippen LogP) is 1.72. The Morgan fingerprint density at radius 2 is 2.21 bits per heavy atom. The highest BCUT2D eigenvalue weighted by Gasteiger charge is 2.05. The number of aliphatic hydroxyl groups is 1. The predicted molar refractivity (Wildman–Crippen MR) is 56.0 cm³/mol. The maximum atomic E-state index is 8.82. The molecule has 0 aliphatic heterocycles. The largest absolute Gasteiger partial charge is 0.397 e. The van der Waals surface area contributed by atoms with Gasteiger partial charge < -0.3 is 10.8 Å².